The number of likely N-dealkylation sites (tertiary alicyclic amines) is 1. The Hall–Kier alpha value is -0.870. The van der Waals surface area contributed by atoms with Gasteiger partial charge >= 0.3 is 0 Å². The molecule has 0 radical (unpaired) electrons. The molecule has 1 aromatic rings. The normalized spacial score (nSPS) is 20.8. The first-order valence-electron chi connectivity index (χ1n) is 7.18. The summed E-state index contributed by atoms with van der Waals surface area (Å²) in [5, 5.41) is 9.70. The van der Waals surface area contributed by atoms with Crippen molar-refractivity contribution in [2.45, 2.75) is 39.2 Å². The third kappa shape index (κ3) is 3.83. The van der Waals surface area contributed by atoms with E-state index in [1.165, 1.54) is 0 Å². The van der Waals surface area contributed by atoms with Crippen molar-refractivity contribution >= 4 is 21.8 Å². The number of hydrogen-bond donors (Lipinski definition) is 1. The number of halogens is 1. The van der Waals surface area contributed by atoms with E-state index in [4.69, 9.17) is 0 Å². The maximum atomic E-state index is 12.4. The summed E-state index contributed by atoms with van der Waals surface area (Å²) in [5.74, 6) is 0.388. The van der Waals surface area contributed by atoms with Crippen LogP contribution in [-0.2, 0) is 11.2 Å². The molecule has 1 aliphatic rings. The van der Waals surface area contributed by atoms with Crippen molar-refractivity contribution in [2.24, 2.45) is 5.92 Å². The van der Waals surface area contributed by atoms with Crippen LogP contribution < -0.4 is 0 Å². The molecule has 2 atom stereocenters. The number of carbonyl (C=O) groups excluding carboxylic acids is 1. The summed E-state index contributed by atoms with van der Waals surface area (Å²) < 4.78 is 1.04. The molecule has 2 rings (SSSR count). The second-order valence-electron chi connectivity index (χ2n) is 5.73. The molecule has 110 valence electrons. The molecule has 1 heterocycles. The van der Waals surface area contributed by atoms with E-state index in [1.807, 2.05) is 36.9 Å². The minimum absolute atomic E-state index is 0.167. The maximum Gasteiger partial charge on any atom is 0.227 e. The molecule has 0 aromatic heterocycles. The topological polar surface area (TPSA) is 40.5 Å². The van der Waals surface area contributed by atoms with E-state index < -0.39 is 0 Å². The van der Waals surface area contributed by atoms with Crippen LogP contribution in [0.2, 0.25) is 0 Å². The van der Waals surface area contributed by atoms with Gasteiger partial charge in [0, 0.05) is 23.5 Å². The average Bonchev–Trinajstić information content (AvgIpc) is 2.42. The van der Waals surface area contributed by atoms with Crippen molar-refractivity contribution in [2.75, 3.05) is 13.1 Å². The Morgan fingerprint density at radius 3 is 2.95 bits per heavy atom. The molecule has 3 nitrogen and oxygen atoms in total. The highest BCUT2D eigenvalue weighted by Crippen LogP contribution is 2.22. The van der Waals surface area contributed by atoms with Crippen LogP contribution in [0.15, 0.2) is 22.7 Å². The lowest BCUT2D eigenvalue weighted by atomic mass is 9.93. The Morgan fingerprint density at radius 1 is 1.55 bits per heavy atom. The minimum atomic E-state index is -0.333. The maximum absolute atomic E-state index is 12.4. The van der Waals surface area contributed by atoms with Crippen molar-refractivity contribution in [3.8, 4) is 0 Å². The summed E-state index contributed by atoms with van der Waals surface area (Å²) in [6, 6.07) is 6.02. The molecule has 1 amide bonds. The molecule has 1 fully saturated rings. The number of aliphatic hydroxyl groups excluding tert-OH is 1. The predicted octanol–water partition coefficient (Wildman–Crippen LogP) is 2.92. The van der Waals surface area contributed by atoms with Crippen LogP contribution in [0.5, 0.6) is 0 Å². The van der Waals surface area contributed by atoms with Gasteiger partial charge in [-0.25, -0.2) is 0 Å². The number of aryl methyl sites for hydroxylation is 1. The van der Waals surface area contributed by atoms with Gasteiger partial charge in [0.2, 0.25) is 5.91 Å². The first-order chi connectivity index (χ1) is 9.47. The third-order valence-electron chi connectivity index (χ3n) is 4.14. The van der Waals surface area contributed by atoms with E-state index in [1.54, 1.807) is 0 Å². The van der Waals surface area contributed by atoms with Gasteiger partial charge in [0.1, 0.15) is 0 Å². The third-order valence-corrected chi connectivity index (χ3v) is 4.63. The standard InChI is InChI=1S/C16H22BrNO2/c1-11-8-15(17)6-5-13(11)9-16(20)18-7-3-4-14(10-18)12(2)19/h5-6,8,12,14,19H,3-4,7,9-10H2,1-2H3/t12-,14-/m1/s1. The molecule has 0 unspecified atom stereocenters. The van der Waals surface area contributed by atoms with Crippen molar-refractivity contribution in [3.05, 3.63) is 33.8 Å². The molecule has 1 saturated heterocycles. The van der Waals surface area contributed by atoms with E-state index in [9.17, 15) is 9.90 Å². The van der Waals surface area contributed by atoms with E-state index in [2.05, 4.69) is 15.9 Å². The number of rotatable bonds is 3. The van der Waals surface area contributed by atoms with Crippen LogP contribution in [0, 0.1) is 12.8 Å². The van der Waals surface area contributed by atoms with Gasteiger partial charge < -0.3 is 10.0 Å². The van der Waals surface area contributed by atoms with Crippen LogP contribution in [0.4, 0.5) is 0 Å². The number of aliphatic hydroxyl groups is 1. The summed E-state index contributed by atoms with van der Waals surface area (Å²) in [6.45, 7) is 5.35. The predicted molar refractivity (Wildman–Crippen MR) is 83.6 cm³/mol. The van der Waals surface area contributed by atoms with Crippen LogP contribution in [0.25, 0.3) is 0 Å². The smallest absolute Gasteiger partial charge is 0.227 e. The highest BCUT2D eigenvalue weighted by atomic mass is 79.9. The molecular weight excluding hydrogens is 318 g/mol. The summed E-state index contributed by atoms with van der Waals surface area (Å²) in [7, 11) is 0. The van der Waals surface area contributed by atoms with Crippen LogP contribution >= 0.6 is 15.9 Å². The van der Waals surface area contributed by atoms with Crippen molar-refractivity contribution in [3.63, 3.8) is 0 Å². The van der Waals surface area contributed by atoms with Gasteiger partial charge in [0.25, 0.3) is 0 Å². The number of hydrogen-bond acceptors (Lipinski definition) is 2. The fourth-order valence-electron chi connectivity index (χ4n) is 2.76. The summed E-state index contributed by atoms with van der Waals surface area (Å²) in [6.07, 6.45) is 2.12. The lowest BCUT2D eigenvalue weighted by Crippen LogP contribution is -2.43. The number of carbonyl (C=O) groups is 1. The molecule has 1 aromatic carbocycles. The van der Waals surface area contributed by atoms with Gasteiger partial charge in [0.15, 0.2) is 0 Å². The largest absolute Gasteiger partial charge is 0.393 e. The zero-order valence-corrected chi connectivity index (χ0v) is 13.7. The Balaban J connectivity index is 2.00. The molecule has 1 N–H and O–H groups in total. The molecule has 1 aliphatic heterocycles. The highest BCUT2D eigenvalue weighted by molar-refractivity contribution is 9.10. The molecule has 0 aliphatic carbocycles. The van der Waals surface area contributed by atoms with Crippen LogP contribution in [0.1, 0.15) is 30.9 Å². The first-order valence-corrected chi connectivity index (χ1v) is 7.97. The lowest BCUT2D eigenvalue weighted by molar-refractivity contribution is -0.133. The second kappa shape index (κ2) is 6.72. The van der Waals surface area contributed by atoms with Crippen molar-refractivity contribution in [1.29, 1.82) is 0 Å². The quantitative estimate of drug-likeness (QED) is 0.919. The van der Waals surface area contributed by atoms with E-state index in [-0.39, 0.29) is 17.9 Å². The number of piperidine rings is 1. The van der Waals surface area contributed by atoms with Crippen molar-refractivity contribution in [1.82, 2.24) is 4.90 Å². The molecule has 4 heteroatoms. The van der Waals surface area contributed by atoms with Gasteiger partial charge in [-0.05, 0) is 49.9 Å². The number of benzene rings is 1. The zero-order chi connectivity index (χ0) is 14.7. The van der Waals surface area contributed by atoms with Crippen LogP contribution in [-0.4, -0.2) is 35.1 Å². The molecule has 0 saturated carbocycles. The van der Waals surface area contributed by atoms with Crippen LogP contribution in [0.3, 0.4) is 0 Å². The van der Waals surface area contributed by atoms with Gasteiger partial charge in [-0.15, -0.1) is 0 Å². The van der Waals surface area contributed by atoms with Gasteiger partial charge in [0.05, 0.1) is 12.5 Å². The fourth-order valence-corrected chi connectivity index (χ4v) is 3.24. The van der Waals surface area contributed by atoms with Crippen molar-refractivity contribution < 1.29 is 9.90 Å². The summed E-state index contributed by atoms with van der Waals surface area (Å²) in [5.41, 5.74) is 2.22. The fraction of sp³-hybridized carbons (Fsp3) is 0.562. The number of nitrogens with zero attached hydrogens (tertiary/aromatic N) is 1. The molecular formula is C16H22BrNO2. The Morgan fingerprint density at radius 2 is 2.30 bits per heavy atom. The van der Waals surface area contributed by atoms with Gasteiger partial charge in [-0.2, -0.15) is 0 Å². The Bertz CT molecular complexity index is 487. The summed E-state index contributed by atoms with van der Waals surface area (Å²) >= 11 is 3.44. The van der Waals surface area contributed by atoms with Gasteiger partial charge in [-0.1, -0.05) is 22.0 Å². The molecule has 0 bridgehead atoms. The first kappa shape index (κ1) is 15.5. The van der Waals surface area contributed by atoms with E-state index >= 15 is 0 Å². The summed E-state index contributed by atoms with van der Waals surface area (Å²) in [4.78, 5) is 14.3. The molecule has 20 heavy (non-hydrogen) atoms. The highest BCUT2D eigenvalue weighted by Gasteiger charge is 2.26. The SMILES string of the molecule is Cc1cc(Br)ccc1CC(=O)N1CCC[C@@H]([C@@H](C)O)C1. The van der Waals surface area contributed by atoms with E-state index in [0.717, 1.165) is 35.0 Å². The lowest BCUT2D eigenvalue weighted by Gasteiger charge is -2.34. The minimum Gasteiger partial charge on any atom is -0.393 e. The van der Waals surface area contributed by atoms with Gasteiger partial charge in [-0.3, -0.25) is 4.79 Å². The number of amides is 1. The Kier molecular flexibility index (Phi) is 5.22. The molecule has 0 spiro atoms. The second-order valence-corrected chi connectivity index (χ2v) is 6.65. The Labute approximate surface area is 129 Å². The monoisotopic (exact) mass is 339 g/mol. The zero-order valence-electron chi connectivity index (χ0n) is 12.1. The van der Waals surface area contributed by atoms with E-state index in [0.29, 0.717) is 13.0 Å². The average molecular weight is 340 g/mol.